The van der Waals surface area contributed by atoms with Crippen LogP contribution in [0, 0.1) is 5.92 Å². The van der Waals surface area contributed by atoms with E-state index in [1.165, 1.54) is 11.9 Å². The smallest absolute Gasteiger partial charge is 0.325 e. The molecule has 7 nitrogen and oxygen atoms in total. The molecule has 3 atom stereocenters. The molecule has 22 heavy (non-hydrogen) atoms. The summed E-state index contributed by atoms with van der Waals surface area (Å²) in [5.41, 5.74) is 0.636. The Kier molecular flexibility index (Phi) is 3.62. The number of rotatable bonds is 1. The van der Waals surface area contributed by atoms with Crippen LogP contribution in [0.4, 0.5) is 9.59 Å². The molecule has 3 unspecified atom stereocenters. The zero-order valence-corrected chi connectivity index (χ0v) is 12.9. The van der Waals surface area contributed by atoms with Crippen molar-refractivity contribution in [3.63, 3.8) is 0 Å². The molecule has 0 spiro atoms. The van der Waals surface area contributed by atoms with E-state index >= 15 is 0 Å². The molecule has 5 amide bonds. The number of benzene rings is 1. The largest absolute Gasteiger partial charge is 0.330 e. The summed E-state index contributed by atoms with van der Waals surface area (Å²) in [5, 5.41) is 8.25. The summed E-state index contributed by atoms with van der Waals surface area (Å²) in [5.74, 6) is -1.14. The molecule has 2 aliphatic rings. The number of imide groups is 1. The van der Waals surface area contributed by atoms with Crippen LogP contribution >= 0.6 is 23.2 Å². The quantitative estimate of drug-likeness (QED) is 0.721. The zero-order valence-electron chi connectivity index (χ0n) is 11.4. The highest BCUT2D eigenvalue weighted by Crippen LogP contribution is 2.34. The average molecular weight is 343 g/mol. The van der Waals surface area contributed by atoms with Gasteiger partial charge in [0, 0.05) is 7.05 Å². The van der Waals surface area contributed by atoms with Crippen LogP contribution in [0.2, 0.25) is 10.0 Å². The molecule has 2 fully saturated rings. The number of halogens is 2. The normalized spacial score (nSPS) is 27.7. The van der Waals surface area contributed by atoms with E-state index < -0.39 is 36.1 Å². The highest BCUT2D eigenvalue weighted by Gasteiger charge is 2.48. The van der Waals surface area contributed by atoms with Gasteiger partial charge in [0.2, 0.25) is 5.91 Å². The number of hydrogen-bond donors (Lipinski definition) is 3. The van der Waals surface area contributed by atoms with Crippen molar-refractivity contribution >= 4 is 41.2 Å². The lowest BCUT2D eigenvalue weighted by Gasteiger charge is -2.45. The van der Waals surface area contributed by atoms with Gasteiger partial charge in [-0.15, -0.1) is 0 Å². The molecular formula is C13H12Cl2N4O3. The number of carbonyl (C=O) groups excluding carboxylic acids is 3. The number of nitrogens with one attached hydrogen (secondary N) is 3. The van der Waals surface area contributed by atoms with Gasteiger partial charge in [-0.25, -0.2) is 9.59 Å². The lowest BCUT2D eigenvalue weighted by molar-refractivity contribution is -0.130. The van der Waals surface area contributed by atoms with Crippen LogP contribution in [-0.4, -0.2) is 36.1 Å². The van der Waals surface area contributed by atoms with Crippen molar-refractivity contribution in [3.8, 4) is 0 Å². The van der Waals surface area contributed by atoms with E-state index in [-0.39, 0.29) is 0 Å². The van der Waals surface area contributed by atoms with Crippen molar-refractivity contribution in [2.45, 2.75) is 12.2 Å². The van der Waals surface area contributed by atoms with Gasteiger partial charge in [-0.2, -0.15) is 0 Å². The Morgan fingerprint density at radius 3 is 2.50 bits per heavy atom. The van der Waals surface area contributed by atoms with Gasteiger partial charge < -0.3 is 15.5 Å². The minimum Gasteiger partial charge on any atom is -0.330 e. The molecule has 9 heteroatoms. The molecule has 0 aromatic heterocycles. The highest BCUT2D eigenvalue weighted by molar-refractivity contribution is 6.42. The second-order valence-electron chi connectivity index (χ2n) is 5.14. The minimum atomic E-state index is -0.727. The van der Waals surface area contributed by atoms with E-state index in [0.29, 0.717) is 15.6 Å². The molecular weight excluding hydrogens is 331 g/mol. The summed E-state index contributed by atoms with van der Waals surface area (Å²) in [7, 11) is 1.51. The first-order valence-corrected chi connectivity index (χ1v) is 7.23. The maximum Gasteiger partial charge on any atom is 0.325 e. The summed E-state index contributed by atoms with van der Waals surface area (Å²) < 4.78 is 0. The molecule has 1 aromatic carbocycles. The van der Waals surface area contributed by atoms with E-state index in [1.807, 2.05) is 0 Å². The molecule has 0 aliphatic carbocycles. The number of fused-ring (bicyclic) bond motifs is 1. The lowest BCUT2D eigenvalue weighted by Crippen LogP contribution is -2.71. The Morgan fingerprint density at radius 1 is 1.09 bits per heavy atom. The van der Waals surface area contributed by atoms with Gasteiger partial charge in [-0.1, -0.05) is 29.3 Å². The SMILES string of the molecule is CN1C(=O)NC(=O)C2C(c3ccc(Cl)c(Cl)c3)NC(=O)NC21. The first-order valence-electron chi connectivity index (χ1n) is 6.48. The Balaban J connectivity index is 2.02. The lowest BCUT2D eigenvalue weighted by atomic mass is 9.86. The first kappa shape index (κ1) is 14.9. The number of amides is 5. The minimum absolute atomic E-state index is 0.323. The standard InChI is InChI=1S/C13H12Cl2N4O3/c1-19-10-8(11(20)18-13(19)22)9(16-12(21)17-10)5-2-3-6(14)7(15)4-5/h2-4,8-10H,1H3,(H2,16,17,21)(H,18,20,22). The molecule has 0 radical (unpaired) electrons. The van der Waals surface area contributed by atoms with Gasteiger partial charge in [0.25, 0.3) is 0 Å². The van der Waals surface area contributed by atoms with Crippen LogP contribution in [-0.2, 0) is 4.79 Å². The maximum atomic E-state index is 12.2. The fourth-order valence-electron chi connectivity index (χ4n) is 2.71. The van der Waals surface area contributed by atoms with Crippen LogP contribution in [0.15, 0.2) is 18.2 Å². The summed E-state index contributed by atoms with van der Waals surface area (Å²) in [4.78, 5) is 37.1. The number of hydrogen-bond acceptors (Lipinski definition) is 3. The second-order valence-corrected chi connectivity index (χ2v) is 5.96. The Bertz CT molecular complexity index is 681. The van der Waals surface area contributed by atoms with Crippen molar-refractivity contribution in [2.24, 2.45) is 5.92 Å². The van der Waals surface area contributed by atoms with Crippen LogP contribution in [0.3, 0.4) is 0 Å². The summed E-state index contributed by atoms with van der Waals surface area (Å²) in [6.45, 7) is 0. The van der Waals surface area contributed by atoms with Gasteiger partial charge in [-0.3, -0.25) is 10.1 Å². The molecule has 3 N–H and O–H groups in total. The van der Waals surface area contributed by atoms with Crippen LogP contribution in [0.5, 0.6) is 0 Å². The molecule has 2 saturated heterocycles. The first-order chi connectivity index (χ1) is 10.4. The number of urea groups is 2. The number of nitrogens with zero attached hydrogens (tertiary/aromatic N) is 1. The fourth-order valence-corrected chi connectivity index (χ4v) is 3.02. The molecule has 116 valence electrons. The average Bonchev–Trinajstić information content (AvgIpc) is 2.46. The molecule has 2 heterocycles. The van der Waals surface area contributed by atoms with Gasteiger partial charge in [-0.05, 0) is 17.7 Å². The Hall–Kier alpha value is -1.99. The molecule has 2 aliphatic heterocycles. The summed E-state index contributed by atoms with van der Waals surface area (Å²) in [6, 6.07) is 3.24. The third-order valence-electron chi connectivity index (χ3n) is 3.84. The number of carbonyl (C=O) groups is 3. The van der Waals surface area contributed by atoms with E-state index in [0.717, 1.165) is 0 Å². The van der Waals surface area contributed by atoms with Crippen molar-refractivity contribution in [1.82, 2.24) is 20.9 Å². The van der Waals surface area contributed by atoms with Crippen molar-refractivity contribution in [1.29, 1.82) is 0 Å². The maximum absolute atomic E-state index is 12.2. The van der Waals surface area contributed by atoms with Gasteiger partial charge >= 0.3 is 12.1 Å². The van der Waals surface area contributed by atoms with Crippen molar-refractivity contribution < 1.29 is 14.4 Å². The van der Waals surface area contributed by atoms with E-state index in [4.69, 9.17) is 23.2 Å². The van der Waals surface area contributed by atoms with E-state index in [9.17, 15) is 14.4 Å². The topological polar surface area (TPSA) is 90.5 Å². The molecule has 1 aromatic rings. The third kappa shape index (κ3) is 2.36. The predicted octanol–water partition coefficient (Wildman–Crippen LogP) is 1.47. The Morgan fingerprint density at radius 2 is 1.82 bits per heavy atom. The molecule has 0 bridgehead atoms. The molecule has 0 saturated carbocycles. The Labute approximate surface area is 135 Å². The van der Waals surface area contributed by atoms with Gasteiger partial charge in [0.1, 0.15) is 12.1 Å². The summed E-state index contributed by atoms with van der Waals surface area (Å²) >= 11 is 11.9. The predicted molar refractivity (Wildman–Crippen MR) is 79.5 cm³/mol. The fraction of sp³-hybridized carbons (Fsp3) is 0.308. The second kappa shape index (κ2) is 5.33. The monoisotopic (exact) mass is 342 g/mol. The van der Waals surface area contributed by atoms with Crippen LogP contribution < -0.4 is 16.0 Å². The van der Waals surface area contributed by atoms with E-state index in [2.05, 4.69) is 16.0 Å². The van der Waals surface area contributed by atoms with Crippen molar-refractivity contribution in [3.05, 3.63) is 33.8 Å². The van der Waals surface area contributed by atoms with E-state index in [1.54, 1.807) is 18.2 Å². The van der Waals surface area contributed by atoms with Crippen LogP contribution in [0.25, 0.3) is 0 Å². The van der Waals surface area contributed by atoms with Gasteiger partial charge in [0.15, 0.2) is 0 Å². The highest BCUT2D eigenvalue weighted by atomic mass is 35.5. The molecule has 3 rings (SSSR count). The zero-order chi connectivity index (χ0) is 16.0. The third-order valence-corrected chi connectivity index (χ3v) is 4.58. The van der Waals surface area contributed by atoms with Gasteiger partial charge in [0.05, 0.1) is 16.1 Å². The summed E-state index contributed by atoms with van der Waals surface area (Å²) in [6.07, 6.45) is -0.727. The van der Waals surface area contributed by atoms with Crippen LogP contribution in [0.1, 0.15) is 11.6 Å². The van der Waals surface area contributed by atoms with Crippen molar-refractivity contribution in [2.75, 3.05) is 7.05 Å².